The number of nitrogens with one attached hydrogen (secondary N) is 2. The van der Waals surface area contributed by atoms with Gasteiger partial charge < -0.3 is 15.4 Å². The maximum Gasteiger partial charge on any atom is 0.475 e. The van der Waals surface area contributed by atoms with Gasteiger partial charge in [0.1, 0.15) is 12.1 Å². The van der Waals surface area contributed by atoms with Gasteiger partial charge >= 0.3 is 7.12 Å². The molecule has 4 N–H and O–H groups in total. The minimum Gasteiger partial charge on any atom is -0.426 e. The number of nitrogens with zero attached hydrogens (tertiary/aromatic N) is 2. The van der Waals surface area contributed by atoms with Crippen LogP contribution in [0.5, 0.6) is 0 Å². The topological polar surface area (TPSA) is 138 Å². The van der Waals surface area contributed by atoms with E-state index in [2.05, 4.69) is 15.6 Å². The second-order valence-corrected chi connectivity index (χ2v) is 8.28. The highest BCUT2D eigenvalue weighted by atomic mass is 16.6. The molecule has 2 heterocycles. The third-order valence-electron chi connectivity index (χ3n) is 5.59. The monoisotopic (exact) mass is 426 g/mol. The number of pyridine rings is 1. The van der Waals surface area contributed by atoms with Crippen molar-refractivity contribution in [1.82, 2.24) is 15.6 Å². The Bertz CT molecular complexity index is 884. The van der Waals surface area contributed by atoms with E-state index in [0.717, 1.165) is 0 Å². The number of benzene rings is 1. The van der Waals surface area contributed by atoms with E-state index in [1.54, 1.807) is 48.8 Å². The molecule has 1 unspecified atom stereocenters. The van der Waals surface area contributed by atoms with E-state index < -0.39 is 43.0 Å². The van der Waals surface area contributed by atoms with Crippen molar-refractivity contribution in [3.05, 3.63) is 76.1 Å². The molecule has 0 saturated carbocycles. The molecule has 1 amide bonds. The zero-order chi connectivity index (χ0) is 22.5. The van der Waals surface area contributed by atoms with Crippen molar-refractivity contribution in [3.8, 4) is 0 Å². The molecule has 9 nitrogen and oxygen atoms in total. The fourth-order valence-electron chi connectivity index (χ4n) is 4.25. The largest absolute Gasteiger partial charge is 0.475 e. The van der Waals surface area contributed by atoms with E-state index in [4.69, 9.17) is 0 Å². The van der Waals surface area contributed by atoms with Crippen LogP contribution < -0.4 is 10.6 Å². The zero-order valence-electron chi connectivity index (χ0n) is 17.5. The Kier molecular flexibility index (Phi) is 7.37. The molecule has 0 bridgehead atoms. The SMILES string of the molecule is CC(C)CC(NC(=O)[C@@H]1N[C@H](c2cccnc2)[C@@H]([N+](=O)[O-])[C@@H]1c1ccccc1)B(O)O. The first-order chi connectivity index (χ1) is 14.8. The van der Waals surface area contributed by atoms with Gasteiger partial charge in [0.2, 0.25) is 11.9 Å². The summed E-state index contributed by atoms with van der Waals surface area (Å²) in [6.07, 6.45) is 3.49. The number of amides is 1. The van der Waals surface area contributed by atoms with Gasteiger partial charge in [0.15, 0.2) is 0 Å². The van der Waals surface area contributed by atoms with Crippen LogP contribution in [0.3, 0.4) is 0 Å². The Morgan fingerprint density at radius 2 is 1.90 bits per heavy atom. The lowest BCUT2D eigenvalue weighted by Crippen LogP contribution is -2.53. The maximum absolute atomic E-state index is 13.2. The third-order valence-corrected chi connectivity index (χ3v) is 5.59. The van der Waals surface area contributed by atoms with Crippen molar-refractivity contribution in [2.75, 3.05) is 0 Å². The number of nitro groups is 1. The summed E-state index contributed by atoms with van der Waals surface area (Å²) in [5, 5.41) is 37.4. The molecule has 5 atom stereocenters. The molecule has 164 valence electrons. The summed E-state index contributed by atoms with van der Waals surface area (Å²) in [6, 6.07) is 9.55. The van der Waals surface area contributed by atoms with Crippen molar-refractivity contribution < 1.29 is 19.8 Å². The fraction of sp³-hybridized carbons (Fsp3) is 0.429. The van der Waals surface area contributed by atoms with Crippen LogP contribution >= 0.6 is 0 Å². The second-order valence-electron chi connectivity index (χ2n) is 8.28. The third kappa shape index (κ3) is 5.27. The lowest BCUT2D eigenvalue weighted by molar-refractivity contribution is -0.527. The second kappa shape index (κ2) is 9.99. The van der Waals surface area contributed by atoms with Crippen LogP contribution in [0.15, 0.2) is 54.9 Å². The maximum atomic E-state index is 13.2. The quantitative estimate of drug-likeness (QED) is 0.281. The summed E-state index contributed by atoms with van der Waals surface area (Å²) < 4.78 is 0. The molecule has 2 aromatic rings. The van der Waals surface area contributed by atoms with Gasteiger partial charge in [-0.3, -0.25) is 25.2 Å². The first-order valence-corrected chi connectivity index (χ1v) is 10.3. The van der Waals surface area contributed by atoms with Crippen LogP contribution in [0.2, 0.25) is 0 Å². The average molecular weight is 426 g/mol. The van der Waals surface area contributed by atoms with Crippen LogP contribution in [0.25, 0.3) is 0 Å². The van der Waals surface area contributed by atoms with E-state index in [1.165, 1.54) is 0 Å². The molecule has 10 heteroatoms. The van der Waals surface area contributed by atoms with Crippen molar-refractivity contribution >= 4 is 13.0 Å². The molecule has 0 spiro atoms. The number of carbonyl (C=O) groups is 1. The van der Waals surface area contributed by atoms with E-state index in [-0.39, 0.29) is 10.8 Å². The Morgan fingerprint density at radius 3 is 2.45 bits per heavy atom. The van der Waals surface area contributed by atoms with Gasteiger partial charge in [0.25, 0.3) is 0 Å². The van der Waals surface area contributed by atoms with E-state index in [0.29, 0.717) is 17.5 Å². The predicted octanol–water partition coefficient (Wildman–Crippen LogP) is 1.07. The van der Waals surface area contributed by atoms with Gasteiger partial charge in [0.05, 0.1) is 11.9 Å². The van der Waals surface area contributed by atoms with Crippen LogP contribution in [0.1, 0.15) is 43.4 Å². The molecule has 3 rings (SSSR count). The summed E-state index contributed by atoms with van der Waals surface area (Å²) >= 11 is 0. The fourth-order valence-corrected chi connectivity index (χ4v) is 4.25. The number of hydrogen-bond donors (Lipinski definition) is 4. The number of hydrogen-bond acceptors (Lipinski definition) is 7. The highest BCUT2D eigenvalue weighted by molar-refractivity contribution is 6.43. The molecular formula is C21H27BN4O5. The van der Waals surface area contributed by atoms with Crippen molar-refractivity contribution in [1.29, 1.82) is 0 Å². The molecule has 1 saturated heterocycles. The van der Waals surface area contributed by atoms with Crippen molar-refractivity contribution in [2.45, 2.75) is 50.3 Å². The lowest BCUT2D eigenvalue weighted by Gasteiger charge is -2.24. The van der Waals surface area contributed by atoms with Crippen LogP contribution in [0.4, 0.5) is 0 Å². The van der Waals surface area contributed by atoms with E-state index in [9.17, 15) is 25.0 Å². The molecule has 0 aliphatic carbocycles. The van der Waals surface area contributed by atoms with Gasteiger partial charge in [-0.05, 0) is 29.5 Å². The Labute approximate surface area is 181 Å². The Balaban J connectivity index is 1.98. The first kappa shape index (κ1) is 22.9. The smallest absolute Gasteiger partial charge is 0.426 e. The molecule has 0 radical (unpaired) electrons. The zero-order valence-corrected chi connectivity index (χ0v) is 17.5. The van der Waals surface area contributed by atoms with E-state index in [1.807, 2.05) is 19.9 Å². The van der Waals surface area contributed by atoms with Gasteiger partial charge in [0, 0.05) is 17.3 Å². The molecular weight excluding hydrogens is 399 g/mol. The molecule has 1 aromatic carbocycles. The minimum absolute atomic E-state index is 0.114. The average Bonchev–Trinajstić information content (AvgIpc) is 3.15. The minimum atomic E-state index is -1.73. The van der Waals surface area contributed by atoms with Crippen LogP contribution in [-0.2, 0) is 4.79 Å². The van der Waals surface area contributed by atoms with E-state index >= 15 is 0 Å². The van der Waals surface area contributed by atoms with Gasteiger partial charge in [-0.2, -0.15) is 0 Å². The van der Waals surface area contributed by atoms with Crippen LogP contribution in [-0.4, -0.2) is 51.0 Å². The first-order valence-electron chi connectivity index (χ1n) is 10.3. The summed E-state index contributed by atoms with van der Waals surface area (Å²) in [5.74, 6) is -2.02. The lowest BCUT2D eigenvalue weighted by atomic mass is 9.74. The molecule has 1 aliphatic heterocycles. The summed E-state index contributed by atoms with van der Waals surface area (Å²) in [6.45, 7) is 3.81. The summed E-state index contributed by atoms with van der Waals surface area (Å²) in [7, 11) is -1.73. The molecule has 1 fully saturated rings. The standard InChI is InChI=1S/C21H27BN4O5/c1-13(2)11-16(22(28)29)24-21(27)19-17(14-7-4-3-5-8-14)20(26(30)31)18(25-19)15-9-6-10-23-12-15/h3-10,12-13,16-20,25,28-29H,11H2,1-2H3,(H,24,27)/t16?,17-,18-,19-,20+/m1/s1. The molecule has 1 aromatic heterocycles. The highest BCUT2D eigenvalue weighted by Crippen LogP contribution is 2.40. The summed E-state index contributed by atoms with van der Waals surface area (Å²) in [5.41, 5.74) is 1.27. The van der Waals surface area contributed by atoms with Crippen molar-refractivity contribution in [2.24, 2.45) is 5.92 Å². The Hall–Kier alpha value is -2.82. The number of carbonyl (C=O) groups excluding carboxylic acids is 1. The van der Waals surface area contributed by atoms with Crippen molar-refractivity contribution in [3.63, 3.8) is 0 Å². The van der Waals surface area contributed by atoms with Crippen LogP contribution in [0, 0.1) is 16.0 Å². The predicted molar refractivity (Wildman–Crippen MR) is 115 cm³/mol. The van der Waals surface area contributed by atoms with Gasteiger partial charge in [-0.1, -0.05) is 50.2 Å². The molecule has 31 heavy (non-hydrogen) atoms. The summed E-state index contributed by atoms with van der Waals surface area (Å²) in [4.78, 5) is 29.1. The molecule has 1 aliphatic rings. The normalized spacial score (nSPS) is 24.0. The highest BCUT2D eigenvalue weighted by Gasteiger charge is 2.54. The number of rotatable bonds is 8. The Morgan fingerprint density at radius 1 is 1.23 bits per heavy atom. The van der Waals surface area contributed by atoms with Gasteiger partial charge in [-0.15, -0.1) is 0 Å². The number of aromatic nitrogens is 1. The van der Waals surface area contributed by atoms with Gasteiger partial charge in [-0.25, -0.2) is 0 Å².